The summed E-state index contributed by atoms with van der Waals surface area (Å²) >= 11 is 0. The Labute approximate surface area is 118 Å². The zero-order valence-electron chi connectivity index (χ0n) is 12.1. The normalized spacial score (nSPS) is 12.4. The van der Waals surface area contributed by atoms with E-state index in [0.717, 1.165) is 24.1 Å². The van der Waals surface area contributed by atoms with Gasteiger partial charge in [-0.1, -0.05) is 6.07 Å². The molecule has 0 radical (unpaired) electrons. The highest BCUT2D eigenvalue weighted by atomic mass is 19.1. The molecule has 0 saturated heterocycles. The average Bonchev–Trinajstić information content (AvgIpc) is 2.93. The van der Waals surface area contributed by atoms with Crippen molar-refractivity contribution in [2.45, 2.75) is 25.9 Å². The van der Waals surface area contributed by atoms with Crippen LogP contribution in [-0.2, 0) is 13.0 Å². The largest absolute Gasteiger partial charge is 0.494 e. The molecule has 1 N–H and O–H groups in total. The molecular formula is C15H20FN3O. The van der Waals surface area contributed by atoms with Crippen LogP contribution < -0.4 is 10.1 Å². The second-order valence-corrected chi connectivity index (χ2v) is 4.64. The third-order valence-corrected chi connectivity index (χ3v) is 3.38. The van der Waals surface area contributed by atoms with Gasteiger partial charge in [-0.3, -0.25) is 4.68 Å². The molecule has 2 aromatic rings. The molecule has 0 aliphatic rings. The molecule has 0 aliphatic heterocycles. The minimum atomic E-state index is -0.343. The van der Waals surface area contributed by atoms with Gasteiger partial charge in [0.25, 0.3) is 0 Å². The highest BCUT2D eigenvalue weighted by molar-refractivity contribution is 5.33. The maximum atomic E-state index is 13.5. The zero-order valence-corrected chi connectivity index (χ0v) is 12.1. The fourth-order valence-electron chi connectivity index (χ4n) is 2.20. The van der Waals surface area contributed by atoms with Crippen LogP contribution in [0.2, 0.25) is 0 Å². The van der Waals surface area contributed by atoms with Gasteiger partial charge < -0.3 is 10.1 Å². The molecule has 2 rings (SSSR count). The van der Waals surface area contributed by atoms with E-state index in [0.29, 0.717) is 0 Å². The quantitative estimate of drug-likeness (QED) is 0.882. The van der Waals surface area contributed by atoms with Crippen LogP contribution in [0.5, 0.6) is 5.75 Å². The molecule has 1 atom stereocenters. The van der Waals surface area contributed by atoms with E-state index < -0.39 is 0 Å². The molecule has 1 unspecified atom stereocenters. The van der Waals surface area contributed by atoms with Gasteiger partial charge in [0.05, 0.1) is 13.3 Å². The smallest absolute Gasteiger partial charge is 0.165 e. The Bertz CT molecular complexity index is 568. The first-order valence-electron chi connectivity index (χ1n) is 6.70. The molecule has 0 bridgehead atoms. The van der Waals surface area contributed by atoms with Gasteiger partial charge in [-0.25, -0.2) is 4.39 Å². The lowest BCUT2D eigenvalue weighted by Gasteiger charge is -2.17. The van der Waals surface area contributed by atoms with E-state index in [1.807, 2.05) is 24.1 Å². The number of benzene rings is 1. The average molecular weight is 277 g/mol. The van der Waals surface area contributed by atoms with Crippen LogP contribution in [0.15, 0.2) is 30.6 Å². The Kier molecular flexibility index (Phi) is 4.74. The fourth-order valence-corrected chi connectivity index (χ4v) is 2.20. The first-order valence-corrected chi connectivity index (χ1v) is 6.70. The zero-order chi connectivity index (χ0) is 14.5. The van der Waals surface area contributed by atoms with E-state index in [1.165, 1.54) is 13.2 Å². The molecule has 1 aromatic heterocycles. The van der Waals surface area contributed by atoms with Crippen LogP contribution in [-0.4, -0.2) is 23.9 Å². The van der Waals surface area contributed by atoms with E-state index >= 15 is 0 Å². The number of aryl methyl sites for hydroxylation is 1. The molecule has 0 amide bonds. The predicted molar refractivity (Wildman–Crippen MR) is 76.4 cm³/mol. The van der Waals surface area contributed by atoms with Gasteiger partial charge >= 0.3 is 0 Å². The summed E-state index contributed by atoms with van der Waals surface area (Å²) in [5.74, 6) is -0.0723. The van der Waals surface area contributed by atoms with Gasteiger partial charge in [0.2, 0.25) is 0 Å². The Morgan fingerprint density at radius 3 is 2.85 bits per heavy atom. The van der Waals surface area contributed by atoms with Gasteiger partial charge in [-0.2, -0.15) is 5.10 Å². The molecule has 1 heterocycles. The van der Waals surface area contributed by atoms with Crippen molar-refractivity contribution in [1.82, 2.24) is 15.1 Å². The molecule has 0 saturated carbocycles. The fraction of sp³-hybridized carbons (Fsp3) is 0.400. The van der Waals surface area contributed by atoms with Crippen LogP contribution in [0.3, 0.4) is 0 Å². The van der Waals surface area contributed by atoms with Crippen LogP contribution >= 0.6 is 0 Å². The monoisotopic (exact) mass is 277 g/mol. The van der Waals surface area contributed by atoms with Gasteiger partial charge in [0.1, 0.15) is 0 Å². The van der Waals surface area contributed by atoms with E-state index in [9.17, 15) is 4.39 Å². The SMILES string of the molecule is CCn1cc(CC(NC)c2ccc(F)c(OC)c2)cn1. The van der Waals surface area contributed by atoms with Crippen molar-refractivity contribution in [3.05, 3.63) is 47.5 Å². The van der Waals surface area contributed by atoms with Gasteiger partial charge in [-0.15, -0.1) is 0 Å². The number of ether oxygens (including phenoxy) is 1. The third kappa shape index (κ3) is 3.17. The molecule has 0 fully saturated rings. The molecule has 0 aliphatic carbocycles. The van der Waals surface area contributed by atoms with Crippen molar-refractivity contribution in [2.24, 2.45) is 0 Å². The molecular weight excluding hydrogens is 257 g/mol. The minimum absolute atomic E-state index is 0.0963. The minimum Gasteiger partial charge on any atom is -0.494 e. The van der Waals surface area contributed by atoms with E-state index in [1.54, 1.807) is 12.1 Å². The number of aromatic nitrogens is 2. The molecule has 20 heavy (non-hydrogen) atoms. The van der Waals surface area contributed by atoms with E-state index in [-0.39, 0.29) is 17.6 Å². The Morgan fingerprint density at radius 1 is 1.45 bits per heavy atom. The number of methoxy groups -OCH3 is 1. The molecule has 0 spiro atoms. The summed E-state index contributed by atoms with van der Waals surface area (Å²) in [5, 5.41) is 7.52. The highest BCUT2D eigenvalue weighted by Gasteiger charge is 2.14. The summed E-state index contributed by atoms with van der Waals surface area (Å²) in [5.41, 5.74) is 2.14. The number of hydrogen-bond acceptors (Lipinski definition) is 3. The molecule has 108 valence electrons. The maximum Gasteiger partial charge on any atom is 0.165 e. The summed E-state index contributed by atoms with van der Waals surface area (Å²) in [6, 6.07) is 5.05. The summed E-state index contributed by atoms with van der Waals surface area (Å²) in [4.78, 5) is 0. The lowest BCUT2D eigenvalue weighted by atomic mass is 10.0. The maximum absolute atomic E-state index is 13.5. The highest BCUT2D eigenvalue weighted by Crippen LogP contribution is 2.24. The third-order valence-electron chi connectivity index (χ3n) is 3.38. The standard InChI is InChI=1S/C15H20FN3O/c1-4-19-10-11(9-18-19)7-14(17-2)12-5-6-13(16)15(8-12)20-3/h5-6,8-10,14,17H,4,7H2,1-3H3. The van der Waals surface area contributed by atoms with Crippen LogP contribution in [0.25, 0.3) is 0 Å². The second kappa shape index (κ2) is 6.52. The number of nitrogens with one attached hydrogen (secondary N) is 1. The van der Waals surface area contributed by atoms with Crippen molar-refractivity contribution < 1.29 is 9.13 Å². The van der Waals surface area contributed by atoms with Gasteiger partial charge in [0.15, 0.2) is 11.6 Å². The molecule has 4 nitrogen and oxygen atoms in total. The summed E-state index contributed by atoms with van der Waals surface area (Å²) in [6.07, 6.45) is 4.70. The number of hydrogen-bond donors (Lipinski definition) is 1. The van der Waals surface area contributed by atoms with Crippen LogP contribution in [0.1, 0.15) is 24.1 Å². The van der Waals surface area contributed by atoms with Crippen molar-refractivity contribution in [1.29, 1.82) is 0 Å². The van der Waals surface area contributed by atoms with Crippen molar-refractivity contribution in [3.63, 3.8) is 0 Å². The van der Waals surface area contributed by atoms with Crippen molar-refractivity contribution >= 4 is 0 Å². The van der Waals surface area contributed by atoms with Crippen LogP contribution in [0.4, 0.5) is 4.39 Å². The topological polar surface area (TPSA) is 39.1 Å². The van der Waals surface area contributed by atoms with E-state index in [4.69, 9.17) is 4.74 Å². The van der Waals surface area contributed by atoms with Crippen molar-refractivity contribution in [3.8, 4) is 5.75 Å². The lowest BCUT2D eigenvalue weighted by Crippen LogP contribution is -2.18. The van der Waals surface area contributed by atoms with Gasteiger partial charge in [0, 0.05) is 18.8 Å². The number of nitrogens with zero attached hydrogens (tertiary/aromatic N) is 2. The summed E-state index contributed by atoms with van der Waals surface area (Å²) in [6.45, 7) is 2.91. The first-order chi connectivity index (χ1) is 9.67. The number of rotatable bonds is 6. The van der Waals surface area contributed by atoms with E-state index in [2.05, 4.69) is 17.3 Å². The molecule has 5 heteroatoms. The van der Waals surface area contributed by atoms with Crippen LogP contribution in [0, 0.1) is 5.82 Å². The predicted octanol–water partition coefficient (Wildman–Crippen LogP) is 2.55. The molecule has 1 aromatic carbocycles. The summed E-state index contributed by atoms with van der Waals surface area (Å²) < 4.78 is 20.4. The first kappa shape index (κ1) is 14.5. The second-order valence-electron chi connectivity index (χ2n) is 4.64. The lowest BCUT2D eigenvalue weighted by molar-refractivity contribution is 0.385. The van der Waals surface area contributed by atoms with Gasteiger partial charge in [-0.05, 0) is 43.7 Å². The van der Waals surface area contributed by atoms with Crippen molar-refractivity contribution in [2.75, 3.05) is 14.2 Å². The summed E-state index contributed by atoms with van der Waals surface area (Å²) in [7, 11) is 3.37. The Balaban J connectivity index is 2.19. The number of halogens is 1. The number of likely N-dealkylation sites (N-methyl/N-ethyl adjacent to an activating group) is 1. The Hall–Kier alpha value is -1.88. The Morgan fingerprint density at radius 2 is 2.25 bits per heavy atom.